The number of carbonyl (C=O) groups is 2. The number of ether oxygens (including phenoxy) is 3. The third-order valence-electron chi connectivity index (χ3n) is 3.08. The van der Waals surface area contributed by atoms with Crippen LogP contribution in [0, 0.1) is 10.8 Å². The molecule has 1 heterocycles. The zero-order valence-corrected chi connectivity index (χ0v) is 14.1. The fourth-order valence-corrected chi connectivity index (χ4v) is 1.59. The molecule has 1 N–H and O–H groups in total. The van der Waals surface area contributed by atoms with E-state index in [2.05, 4.69) is 0 Å². The Labute approximate surface area is 131 Å². The number of hydrogen-bond donors (Lipinski definition) is 1. The maximum atomic E-state index is 12.0. The average Bonchev–Trinajstić information content (AvgIpc) is 2.36. The van der Waals surface area contributed by atoms with E-state index in [-0.39, 0.29) is 12.6 Å². The quantitative estimate of drug-likeness (QED) is 0.800. The fourth-order valence-electron chi connectivity index (χ4n) is 1.59. The lowest BCUT2D eigenvalue weighted by Crippen LogP contribution is -2.48. The van der Waals surface area contributed by atoms with Gasteiger partial charge in [-0.25, -0.2) is 0 Å². The minimum Gasteiger partial charge on any atom is -0.491 e. The van der Waals surface area contributed by atoms with Gasteiger partial charge in [0, 0.05) is 0 Å². The Balaban J connectivity index is 2.73. The van der Waals surface area contributed by atoms with Gasteiger partial charge in [-0.2, -0.15) is 0 Å². The summed E-state index contributed by atoms with van der Waals surface area (Å²) in [6.07, 6.45) is 0.0603. The predicted octanol–water partition coefficient (Wildman–Crippen LogP) is 1.81. The summed E-state index contributed by atoms with van der Waals surface area (Å²) < 4.78 is 15.9. The zero-order valence-electron chi connectivity index (χ0n) is 14.1. The fraction of sp³-hybridized carbons (Fsp3) is 0.750. The number of esters is 2. The molecule has 126 valence electrons. The second-order valence-corrected chi connectivity index (χ2v) is 7.46. The van der Waals surface area contributed by atoms with Crippen LogP contribution in [0.4, 0.5) is 0 Å². The van der Waals surface area contributed by atoms with Crippen molar-refractivity contribution in [3.05, 3.63) is 12.3 Å². The minimum absolute atomic E-state index is 0.0976. The van der Waals surface area contributed by atoms with Crippen LogP contribution < -0.4 is 0 Å². The highest BCUT2D eigenvalue weighted by Gasteiger charge is 2.38. The standard InChI is InChI=1S/C16H26O6/c1-15(2,3)13(18)21-9-11-12(10(17)7-8-20-11)22-14(19)16(4,5)6/h7-8,10-12,17H,9H2,1-6H3/t10-,11-,12+/m1/s1. The van der Waals surface area contributed by atoms with Crippen LogP contribution in [0.3, 0.4) is 0 Å². The lowest BCUT2D eigenvalue weighted by atomic mass is 9.96. The van der Waals surface area contributed by atoms with Crippen molar-refractivity contribution in [3.63, 3.8) is 0 Å². The van der Waals surface area contributed by atoms with E-state index in [1.54, 1.807) is 41.5 Å². The smallest absolute Gasteiger partial charge is 0.311 e. The largest absolute Gasteiger partial charge is 0.491 e. The molecule has 0 saturated carbocycles. The molecule has 0 saturated heterocycles. The number of hydrogen-bond acceptors (Lipinski definition) is 6. The van der Waals surface area contributed by atoms with Crippen molar-refractivity contribution < 1.29 is 28.9 Å². The van der Waals surface area contributed by atoms with Gasteiger partial charge in [-0.15, -0.1) is 0 Å². The third kappa shape index (κ3) is 5.02. The van der Waals surface area contributed by atoms with E-state index in [4.69, 9.17) is 14.2 Å². The number of aliphatic hydroxyl groups is 1. The Morgan fingerprint density at radius 3 is 2.14 bits per heavy atom. The predicted molar refractivity (Wildman–Crippen MR) is 79.8 cm³/mol. The second-order valence-electron chi connectivity index (χ2n) is 7.46. The SMILES string of the molecule is CC(C)(C)C(=O)OC[C@H]1OC=C[C@@H](O)[C@@H]1OC(=O)C(C)(C)C. The van der Waals surface area contributed by atoms with Crippen LogP contribution in [0.2, 0.25) is 0 Å². The molecular formula is C16H26O6. The Kier molecular flexibility index (Phi) is 5.62. The molecule has 6 nitrogen and oxygen atoms in total. The summed E-state index contributed by atoms with van der Waals surface area (Å²) in [5.41, 5.74) is -1.34. The highest BCUT2D eigenvalue weighted by Crippen LogP contribution is 2.23. The van der Waals surface area contributed by atoms with Gasteiger partial charge in [0.1, 0.15) is 12.7 Å². The van der Waals surface area contributed by atoms with Crippen LogP contribution in [-0.2, 0) is 23.8 Å². The van der Waals surface area contributed by atoms with Crippen LogP contribution in [0.15, 0.2) is 12.3 Å². The molecule has 0 radical (unpaired) electrons. The molecule has 1 aliphatic rings. The van der Waals surface area contributed by atoms with Crippen LogP contribution in [0.25, 0.3) is 0 Å². The molecule has 0 aromatic rings. The van der Waals surface area contributed by atoms with Crippen molar-refractivity contribution in [1.82, 2.24) is 0 Å². The lowest BCUT2D eigenvalue weighted by molar-refractivity contribution is -0.180. The third-order valence-corrected chi connectivity index (χ3v) is 3.08. The highest BCUT2D eigenvalue weighted by molar-refractivity contribution is 5.76. The molecule has 3 atom stereocenters. The molecule has 0 spiro atoms. The summed E-state index contributed by atoms with van der Waals surface area (Å²) in [7, 11) is 0. The second kappa shape index (κ2) is 6.69. The zero-order chi connectivity index (χ0) is 17.1. The number of carbonyl (C=O) groups excluding carboxylic acids is 2. The van der Waals surface area contributed by atoms with E-state index < -0.39 is 35.1 Å². The minimum atomic E-state index is -1.00. The van der Waals surface area contributed by atoms with E-state index in [0.29, 0.717) is 0 Å². The normalized spacial score (nSPS) is 25.3. The molecule has 0 amide bonds. The first kappa shape index (κ1) is 18.5. The van der Waals surface area contributed by atoms with E-state index in [1.165, 1.54) is 12.3 Å². The Hall–Kier alpha value is -1.56. The van der Waals surface area contributed by atoms with Crippen molar-refractivity contribution in [2.75, 3.05) is 6.61 Å². The van der Waals surface area contributed by atoms with Crippen molar-refractivity contribution in [2.24, 2.45) is 10.8 Å². The van der Waals surface area contributed by atoms with Gasteiger partial charge in [-0.1, -0.05) is 0 Å². The Morgan fingerprint density at radius 2 is 1.64 bits per heavy atom. The molecule has 0 bridgehead atoms. The topological polar surface area (TPSA) is 82.1 Å². The summed E-state index contributed by atoms with van der Waals surface area (Å²) in [5.74, 6) is -0.844. The van der Waals surface area contributed by atoms with Gasteiger partial charge in [0.15, 0.2) is 12.2 Å². The lowest BCUT2D eigenvalue weighted by Gasteiger charge is -2.33. The first-order valence-corrected chi connectivity index (χ1v) is 7.31. The first-order chi connectivity index (χ1) is 9.93. The number of aliphatic hydroxyl groups excluding tert-OH is 1. The van der Waals surface area contributed by atoms with E-state index in [0.717, 1.165) is 0 Å². The van der Waals surface area contributed by atoms with Crippen molar-refractivity contribution in [2.45, 2.75) is 59.9 Å². The molecule has 6 heteroatoms. The van der Waals surface area contributed by atoms with Gasteiger partial charge in [0.2, 0.25) is 0 Å². The van der Waals surface area contributed by atoms with Gasteiger partial charge >= 0.3 is 11.9 Å². The summed E-state index contributed by atoms with van der Waals surface area (Å²) >= 11 is 0. The Morgan fingerprint density at radius 1 is 1.09 bits per heavy atom. The van der Waals surface area contributed by atoms with Gasteiger partial charge in [-0.05, 0) is 47.6 Å². The van der Waals surface area contributed by atoms with Gasteiger partial charge in [0.25, 0.3) is 0 Å². The van der Waals surface area contributed by atoms with Crippen LogP contribution in [0.5, 0.6) is 0 Å². The summed E-state index contributed by atoms with van der Waals surface area (Å²) in [6.45, 7) is 10.3. The van der Waals surface area contributed by atoms with Gasteiger partial charge < -0.3 is 19.3 Å². The van der Waals surface area contributed by atoms with Crippen molar-refractivity contribution >= 4 is 11.9 Å². The molecular weight excluding hydrogens is 288 g/mol. The summed E-state index contributed by atoms with van der Waals surface area (Å²) in [4.78, 5) is 23.8. The number of rotatable bonds is 3. The molecule has 1 rings (SSSR count). The van der Waals surface area contributed by atoms with Crippen LogP contribution in [-0.4, -0.2) is 42.0 Å². The van der Waals surface area contributed by atoms with Crippen molar-refractivity contribution in [1.29, 1.82) is 0 Å². The molecule has 0 aromatic carbocycles. The average molecular weight is 314 g/mol. The molecule has 0 unspecified atom stereocenters. The summed E-state index contributed by atoms with van der Waals surface area (Å²) in [5, 5.41) is 9.99. The maximum Gasteiger partial charge on any atom is 0.311 e. The van der Waals surface area contributed by atoms with Gasteiger partial charge in [0.05, 0.1) is 17.1 Å². The molecule has 0 aromatic heterocycles. The van der Waals surface area contributed by atoms with Gasteiger partial charge in [-0.3, -0.25) is 9.59 Å². The van der Waals surface area contributed by atoms with E-state index in [9.17, 15) is 14.7 Å². The maximum absolute atomic E-state index is 12.0. The Bertz CT molecular complexity index is 441. The van der Waals surface area contributed by atoms with Crippen LogP contribution in [0.1, 0.15) is 41.5 Å². The van der Waals surface area contributed by atoms with Crippen molar-refractivity contribution in [3.8, 4) is 0 Å². The van der Waals surface area contributed by atoms with Crippen LogP contribution >= 0.6 is 0 Å². The summed E-state index contributed by atoms with van der Waals surface area (Å²) in [6, 6.07) is 0. The molecule has 0 aliphatic carbocycles. The highest BCUT2D eigenvalue weighted by atomic mass is 16.6. The molecule has 22 heavy (non-hydrogen) atoms. The van der Waals surface area contributed by atoms with E-state index in [1.807, 2.05) is 0 Å². The molecule has 1 aliphatic heterocycles. The van der Waals surface area contributed by atoms with E-state index >= 15 is 0 Å². The molecule has 0 fully saturated rings. The first-order valence-electron chi connectivity index (χ1n) is 7.31. The monoisotopic (exact) mass is 314 g/mol.